The van der Waals surface area contributed by atoms with Crippen molar-refractivity contribution in [1.82, 2.24) is 0 Å². The van der Waals surface area contributed by atoms with Gasteiger partial charge in [0.25, 0.3) is 0 Å². The van der Waals surface area contributed by atoms with Crippen molar-refractivity contribution >= 4 is 0 Å². The van der Waals surface area contributed by atoms with E-state index in [-0.39, 0.29) is 6.61 Å². The molecule has 0 spiro atoms. The summed E-state index contributed by atoms with van der Waals surface area (Å²) in [6.07, 6.45) is 0. The summed E-state index contributed by atoms with van der Waals surface area (Å²) in [5.74, 6) is 2.51. The van der Waals surface area contributed by atoms with Crippen LogP contribution in [0.3, 0.4) is 0 Å². The highest BCUT2D eigenvalue weighted by atomic mass is 16.5. The van der Waals surface area contributed by atoms with Crippen molar-refractivity contribution in [2.45, 2.75) is 6.61 Å². The lowest BCUT2D eigenvalue weighted by molar-refractivity contribution is 0.275. The Morgan fingerprint density at radius 3 is 1.82 bits per heavy atom. The molecule has 0 heterocycles. The van der Waals surface area contributed by atoms with Crippen LogP contribution in [0.2, 0.25) is 0 Å². The van der Waals surface area contributed by atoms with Gasteiger partial charge in [0.1, 0.15) is 11.5 Å². The Bertz CT molecular complexity index is 724. The summed E-state index contributed by atoms with van der Waals surface area (Å²) in [5, 5.41) is 9.55. The quantitative estimate of drug-likeness (QED) is 0.736. The van der Waals surface area contributed by atoms with Crippen LogP contribution in [0.5, 0.6) is 23.0 Å². The van der Waals surface area contributed by atoms with Gasteiger partial charge in [0.05, 0.1) is 6.61 Å². The molecule has 0 atom stereocenters. The fraction of sp³-hybridized carbons (Fsp3) is 0.0526. The van der Waals surface area contributed by atoms with Gasteiger partial charge in [0.2, 0.25) is 0 Å². The van der Waals surface area contributed by atoms with Crippen LogP contribution >= 0.6 is 0 Å². The summed E-state index contributed by atoms with van der Waals surface area (Å²) in [7, 11) is 0. The van der Waals surface area contributed by atoms with Crippen molar-refractivity contribution in [3.05, 3.63) is 84.4 Å². The molecule has 3 aromatic rings. The third kappa shape index (κ3) is 3.27. The molecule has 22 heavy (non-hydrogen) atoms. The molecule has 0 aromatic heterocycles. The number of hydrogen-bond donors (Lipinski definition) is 1. The smallest absolute Gasteiger partial charge is 0.175 e. The predicted octanol–water partition coefficient (Wildman–Crippen LogP) is 4.76. The Morgan fingerprint density at radius 2 is 1.23 bits per heavy atom. The zero-order valence-corrected chi connectivity index (χ0v) is 12.0. The second kappa shape index (κ2) is 6.78. The number of ether oxygens (including phenoxy) is 2. The Morgan fingerprint density at radius 1 is 0.636 bits per heavy atom. The number of aliphatic hydroxyl groups is 1. The molecule has 3 heteroatoms. The Hall–Kier alpha value is -2.78. The predicted molar refractivity (Wildman–Crippen MR) is 85.4 cm³/mol. The average Bonchev–Trinajstić information content (AvgIpc) is 2.58. The van der Waals surface area contributed by atoms with Crippen LogP contribution in [0.25, 0.3) is 0 Å². The van der Waals surface area contributed by atoms with Gasteiger partial charge in [-0.3, -0.25) is 0 Å². The molecular formula is C19H16O3. The van der Waals surface area contributed by atoms with Gasteiger partial charge in [-0.15, -0.1) is 0 Å². The van der Waals surface area contributed by atoms with Gasteiger partial charge in [-0.1, -0.05) is 48.5 Å². The third-order valence-electron chi connectivity index (χ3n) is 3.16. The van der Waals surface area contributed by atoms with E-state index in [2.05, 4.69) is 0 Å². The van der Waals surface area contributed by atoms with Crippen LogP contribution in [0.4, 0.5) is 0 Å². The van der Waals surface area contributed by atoms with Crippen molar-refractivity contribution in [2.75, 3.05) is 0 Å². The van der Waals surface area contributed by atoms with Crippen LogP contribution in [0, 0.1) is 0 Å². The zero-order valence-electron chi connectivity index (χ0n) is 12.0. The van der Waals surface area contributed by atoms with Gasteiger partial charge in [0.15, 0.2) is 11.5 Å². The highest BCUT2D eigenvalue weighted by molar-refractivity contribution is 5.50. The van der Waals surface area contributed by atoms with Gasteiger partial charge >= 0.3 is 0 Å². The van der Waals surface area contributed by atoms with E-state index in [1.807, 2.05) is 78.9 Å². The molecule has 110 valence electrons. The number of para-hydroxylation sites is 3. The van der Waals surface area contributed by atoms with Crippen molar-refractivity contribution in [2.24, 2.45) is 0 Å². The average molecular weight is 292 g/mol. The first-order valence-electron chi connectivity index (χ1n) is 7.05. The highest BCUT2D eigenvalue weighted by Crippen LogP contribution is 2.37. The largest absolute Gasteiger partial charge is 0.453 e. The van der Waals surface area contributed by atoms with E-state index in [0.717, 1.165) is 5.75 Å². The highest BCUT2D eigenvalue weighted by Gasteiger charge is 2.12. The van der Waals surface area contributed by atoms with Gasteiger partial charge in [-0.05, 0) is 30.3 Å². The molecule has 1 N–H and O–H groups in total. The lowest BCUT2D eigenvalue weighted by Gasteiger charge is -2.15. The Labute approximate surface area is 129 Å². The summed E-state index contributed by atoms with van der Waals surface area (Å²) >= 11 is 0. The number of aliphatic hydroxyl groups excluding tert-OH is 1. The van der Waals surface area contributed by atoms with Gasteiger partial charge in [0, 0.05) is 5.56 Å². The first-order valence-corrected chi connectivity index (χ1v) is 7.05. The van der Waals surface area contributed by atoms with Crippen molar-refractivity contribution in [1.29, 1.82) is 0 Å². The third-order valence-corrected chi connectivity index (χ3v) is 3.16. The lowest BCUT2D eigenvalue weighted by Crippen LogP contribution is -1.95. The van der Waals surface area contributed by atoms with Crippen LogP contribution < -0.4 is 9.47 Å². The van der Waals surface area contributed by atoms with E-state index >= 15 is 0 Å². The van der Waals surface area contributed by atoms with Crippen LogP contribution in [0.15, 0.2) is 78.9 Å². The topological polar surface area (TPSA) is 38.7 Å². The molecule has 0 bridgehead atoms. The minimum atomic E-state index is -0.117. The summed E-state index contributed by atoms with van der Waals surface area (Å²) < 4.78 is 11.8. The molecule has 0 saturated carbocycles. The molecular weight excluding hydrogens is 276 g/mol. The normalized spacial score (nSPS) is 10.2. The molecule has 3 aromatic carbocycles. The zero-order chi connectivity index (χ0) is 15.2. The van der Waals surface area contributed by atoms with Crippen molar-refractivity contribution in [3.63, 3.8) is 0 Å². The molecule has 0 aliphatic carbocycles. The van der Waals surface area contributed by atoms with E-state index in [9.17, 15) is 5.11 Å². The molecule has 3 rings (SSSR count). The monoisotopic (exact) mass is 292 g/mol. The minimum Gasteiger partial charge on any atom is -0.453 e. The van der Waals surface area contributed by atoms with Gasteiger partial charge < -0.3 is 14.6 Å². The fourth-order valence-electron chi connectivity index (χ4n) is 2.10. The number of hydrogen-bond acceptors (Lipinski definition) is 3. The summed E-state index contributed by atoms with van der Waals surface area (Å²) in [6.45, 7) is -0.117. The second-order valence-corrected chi connectivity index (χ2v) is 4.73. The standard InChI is InChI=1S/C19H16O3/c20-14-15-8-7-13-18(21-16-9-3-1-4-10-16)19(15)22-17-11-5-2-6-12-17/h1-13,20H,14H2. The molecule has 0 aliphatic rings. The van der Waals surface area contributed by atoms with E-state index < -0.39 is 0 Å². The molecule has 3 nitrogen and oxygen atoms in total. The fourth-order valence-corrected chi connectivity index (χ4v) is 2.10. The Kier molecular flexibility index (Phi) is 4.37. The minimum absolute atomic E-state index is 0.117. The maximum absolute atomic E-state index is 9.55. The van der Waals surface area contributed by atoms with Crippen LogP contribution in [-0.2, 0) is 6.61 Å². The van der Waals surface area contributed by atoms with Gasteiger partial charge in [-0.25, -0.2) is 0 Å². The van der Waals surface area contributed by atoms with Crippen molar-refractivity contribution in [3.8, 4) is 23.0 Å². The maximum atomic E-state index is 9.55. The summed E-state index contributed by atoms with van der Waals surface area (Å²) in [5.41, 5.74) is 0.678. The van der Waals surface area contributed by atoms with Gasteiger partial charge in [-0.2, -0.15) is 0 Å². The second-order valence-electron chi connectivity index (χ2n) is 4.73. The molecule has 0 amide bonds. The van der Waals surface area contributed by atoms with Crippen LogP contribution in [-0.4, -0.2) is 5.11 Å². The lowest BCUT2D eigenvalue weighted by atomic mass is 10.2. The van der Waals surface area contributed by atoms with Crippen LogP contribution in [0.1, 0.15) is 5.56 Å². The molecule has 0 saturated heterocycles. The van der Waals surface area contributed by atoms with E-state index in [1.54, 1.807) is 0 Å². The molecule has 0 aliphatic heterocycles. The van der Waals surface area contributed by atoms with E-state index in [0.29, 0.717) is 22.8 Å². The first kappa shape index (κ1) is 14.2. The first-order chi connectivity index (χ1) is 10.9. The summed E-state index contributed by atoms with van der Waals surface area (Å²) in [4.78, 5) is 0. The number of rotatable bonds is 5. The summed E-state index contributed by atoms with van der Waals surface area (Å²) in [6, 6.07) is 24.4. The SMILES string of the molecule is OCc1cccc(Oc2ccccc2)c1Oc1ccccc1. The van der Waals surface area contributed by atoms with E-state index in [1.165, 1.54) is 0 Å². The van der Waals surface area contributed by atoms with Crippen molar-refractivity contribution < 1.29 is 14.6 Å². The molecule has 0 unspecified atom stereocenters. The Balaban J connectivity index is 1.95. The molecule has 0 radical (unpaired) electrons. The maximum Gasteiger partial charge on any atom is 0.175 e. The number of benzene rings is 3. The van der Waals surface area contributed by atoms with E-state index in [4.69, 9.17) is 9.47 Å². The molecule has 0 fully saturated rings.